The molecule has 0 heterocycles. The van der Waals surface area contributed by atoms with Gasteiger partial charge in [0.15, 0.2) is 0 Å². The zero-order valence-electron chi connectivity index (χ0n) is 20.5. The SMILES string of the molecule is COc1ccc(CN(C(=O)CN(c2ccc(F)c(Cl)c2)S(C)(=O)=O)[C@H](C)C(=O)NC2CCCC2)cc1. The van der Waals surface area contributed by atoms with Crippen LogP contribution < -0.4 is 14.4 Å². The normalized spacial score (nSPS) is 14.8. The second-order valence-electron chi connectivity index (χ2n) is 8.90. The molecule has 196 valence electrons. The highest BCUT2D eigenvalue weighted by atomic mass is 35.5. The number of ether oxygens (including phenoxy) is 1. The molecule has 0 unspecified atom stereocenters. The molecule has 0 saturated heterocycles. The van der Waals surface area contributed by atoms with Crippen molar-refractivity contribution in [2.75, 3.05) is 24.2 Å². The Balaban J connectivity index is 1.88. The highest BCUT2D eigenvalue weighted by molar-refractivity contribution is 7.92. The molecule has 0 aromatic heterocycles. The lowest BCUT2D eigenvalue weighted by atomic mass is 10.1. The summed E-state index contributed by atoms with van der Waals surface area (Å²) in [6.45, 7) is 1.10. The lowest BCUT2D eigenvalue weighted by molar-refractivity contribution is -0.139. The Labute approximate surface area is 216 Å². The number of benzene rings is 2. The molecule has 2 amide bonds. The van der Waals surface area contributed by atoms with Crippen LogP contribution >= 0.6 is 11.6 Å². The van der Waals surface area contributed by atoms with Crippen molar-refractivity contribution in [3.8, 4) is 5.75 Å². The van der Waals surface area contributed by atoms with Crippen molar-refractivity contribution in [3.05, 3.63) is 58.9 Å². The summed E-state index contributed by atoms with van der Waals surface area (Å²) in [5, 5.41) is 2.73. The molecule has 3 rings (SSSR count). The minimum atomic E-state index is -3.93. The molecule has 1 aliphatic carbocycles. The van der Waals surface area contributed by atoms with Crippen LogP contribution in [0.15, 0.2) is 42.5 Å². The van der Waals surface area contributed by atoms with Crippen LogP contribution in [-0.4, -0.2) is 57.1 Å². The van der Waals surface area contributed by atoms with E-state index in [0.717, 1.165) is 53.9 Å². The van der Waals surface area contributed by atoms with Gasteiger partial charge in [-0.3, -0.25) is 13.9 Å². The first kappa shape index (κ1) is 27.7. The van der Waals surface area contributed by atoms with Gasteiger partial charge >= 0.3 is 0 Å². The minimum Gasteiger partial charge on any atom is -0.497 e. The lowest BCUT2D eigenvalue weighted by Crippen LogP contribution is -2.52. The van der Waals surface area contributed by atoms with E-state index in [1.807, 2.05) is 0 Å². The van der Waals surface area contributed by atoms with Crippen molar-refractivity contribution in [3.63, 3.8) is 0 Å². The summed E-state index contributed by atoms with van der Waals surface area (Å²) < 4.78 is 44.9. The lowest BCUT2D eigenvalue weighted by Gasteiger charge is -2.32. The maximum atomic E-state index is 13.7. The van der Waals surface area contributed by atoms with E-state index in [4.69, 9.17) is 16.3 Å². The number of carbonyl (C=O) groups is 2. The van der Waals surface area contributed by atoms with Gasteiger partial charge in [-0.05, 0) is 55.7 Å². The first-order valence-electron chi connectivity index (χ1n) is 11.6. The molecular formula is C25H31ClFN3O5S. The van der Waals surface area contributed by atoms with Gasteiger partial charge in [-0.15, -0.1) is 0 Å². The molecule has 1 fully saturated rings. The summed E-state index contributed by atoms with van der Waals surface area (Å²) >= 11 is 5.86. The van der Waals surface area contributed by atoms with Gasteiger partial charge in [0.1, 0.15) is 24.2 Å². The van der Waals surface area contributed by atoms with E-state index >= 15 is 0 Å². The Kier molecular flexibility index (Phi) is 9.19. The van der Waals surface area contributed by atoms with Crippen LogP contribution in [0.4, 0.5) is 10.1 Å². The van der Waals surface area contributed by atoms with E-state index in [-0.39, 0.29) is 29.2 Å². The van der Waals surface area contributed by atoms with Crippen molar-refractivity contribution < 1.29 is 27.1 Å². The van der Waals surface area contributed by atoms with Crippen molar-refractivity contribution in [1.82, 2.24) is 10.2 Å². The Morgan fingerprint density at radius 3 is 2.36 bits per heavy atom. The maximum absolute atomic E-state index is 13.7. The zero-order chi connectivity index (χ0) is 26.5. The Morgan fingerprint density at radius 2 is 1.81 bits per heavy atom. The first-order chi connectivity index (χ1) is 17.0. The standard InChI is InChI=1S/C25H31ClFN3O5S/c1-17(25(32)28-19-6-4-5-7-19)29(15-18-8-11-21(35-2)12-9-18)24(31)16-30(36(3,33)34)20-10-13-23(27)22(26)14-20/h8-14,17,19H,4-7,15-16H2,1-3H3,(H,28,32)/t17-/m1/s1. The predicted molar refractivity (Wildman–Crippen MR) is 137 cm³/mol. The molecule has 0 aliphatic heterocycles. The third kappa shape index (κ3) is 7.10. The van der Waals surface area contributed by atoms with E-state index in [9.17, 15) is 22.4 Å². The molecule has 0 radical (unpaired) electrons. The van der Waals surface area contributed by atoms with E-state index in [1.54, 1.807) is 38.3 Å². The summed E-state index contributed by atoms with van der Waals surface area (Å²) in [6.07, 6.45) is 4.80. The number of methoxy groups -OCH3 is 1. The number of anilines is 1. The Hall–Kier alpha value is -2.85. The highest BCUT2D eigenvalue weighted by Crippen LogP contribution is 2.25. The number of rotatable bonds is 10. The van der Waals surface area contributed by atoms with Gasteiger partial charge < -0.3 is 15.0 Å². The smallest absolute Gasteiger partial charge is 0.244 e. The van der Waals surface area contributed by atoms with Crippen LogP contribution in [0, 0.1) is 5.82 Å². The first-order valence-corrected chi connectivity index (χ1v) is 13.9. The van der Waals surface area contributed by atoms with Gasteiger partial charge in [0.25, 0.3) is 0 Å². The zero-order valence-corrected chi connectivity index (χ0v) is 22.1. The molecule has 11 heteroatoms. The van der Waals surface area contributed by atoms with Crippen LogP contribution in [-0.2, 0) is 26.2 Å². The number of carbonyl (C=O) groups excluding carboxylic acids is 2. The molecule has 1 atom stereocenters. The monoisotopic (exact) mass is 539 g/mol. The van der Waals surface area contributed by atoms with E-state index < -0.39 is 34.3 Å². The fourth-order valence-corrected chi connectivity index (χ4v) is 5.17. The summed E-state index contributed by atoms with van der Waals surface area (Å²) in [4.78, 5) is 27.9. The molecule has 36 heavy (non-hydrogen) atoms. The van der Waals surface area contributed by atoms with Crippen LogP contribution in [0.5, 0.6) is 5.75 Å². The second-order valence-corrected chi connectivity index (χ2v) is 11.2. The molecule has 1 aliphatic rings. The number of amides is 2. The van der Waals surface area contributed by atoms with Crippen LogP contribution in [0.25, 0.3) is 0 Å². The van der Waals surface area contributed by atoms with E-state index in [0.29, 0.717) is 5.75 Å². The fourth-order valence-electron chi connectivity index (χ4n) is 4.16. The summed E-state index contributed by atoms with van der Waals surface area (Å²) in [7, 11) is -2.39. The van der Waals surface area contributed by atoms with Gasteiger partial charge in [0, 0.05) is 12.6 Å². The number of hydrogen-bond acceptors (Lipinski definition) is 5. The average Bonchev–Trinajstić information content (AvgIpc) is 3.35. The van der Waals surface area contributed by atoms with E-state index in [2.05, 4.69) is 5.32 Å². The Morgan fingerprint density at radius 1 is 1.17 bits per heavy atom. The minimum absolute atomic E-state index is 0.0460. The molecule has 8 nitrogen and oxygen atoms in total. The largest absolute Gasteiger partial charge is 0.497 e. The van der Waals surface area contributed by atoms with Gasteiger partial charge in [-0.2, -0.15) is 0 Å². The third-order valence-electron chi connectivity index (χ3n) is 6.25. The van der Waals surface area contributed by atoms with Crippen molar-refractivity contribution >= 4 is 39.1 Å². The molecule has 2 aromatic rings. The van der Waals surface area contributed by atoms with Crippen LogP contribution in [0.3, 0.4) is 0 Å². The highest BCUT2D eigenvalue weighted by Gasteiger charge is 2.31. The van der Waals surface area contributed by atoms with Crippen molar-refractivity contribution in [2.45, 2.75) is 51.2 Å². The predicted octanol–water partition coefficient (Wildman–Crippen LogP) is 3.73. The molecule has 2 aromatic carbocycles. The number of nitrogens with one attached hydrogen (secondary N) is 1. The van der Waals surface area contributed by atoms with E-state index in [1.165, 1.54) is 11.0 Å². The summed E-state index contributed by atoms with van der Waals surface area (Å²) in [6, 6.07) is 9.64. The quantitative estimate of drug-likeness (QED) is 0.496. The fraction of sp³-hybridized carbons (Fsp3) is 0.440. The van der Waals surface area contributed by atoms with Crippen LogP contribution in [0.1, 0.15) is 38.2 Å². The Bertz CT molecular complexity index is 1190. The molecule has 1 N–H and O–H groups in total. The van der Waals surface area contributed by atoms with Gasteiger partial charge in [0.05, 0.1) is 24.1 Å². The van der Waals surface area contributed by atoms with Crippen LogP contribution in [0.2, 0.25) is 5.02 Å². The van der Waals surface area contributed by atoms with Gasteiger partial charge in [-0.1, -0.05) is 36.6 Å². The average molecular weight is 540 g/mol. The summed E-state index contributed by atoms with van der Waals surface area (Å²) in [5.41, 5.74) is 0.783. The molecule has 0 bridgehead atoms. The molecule has 0 spiro atoms. The van der Waals surface area contributed by atoms with Gasteiger partial charge in [0.2, 0.25) is 21.8 Å². The second kappa shape index (κ2) is 11.9. The number of nitrogens with zero attached hydrogens (tertiary/aromatic N) is 2. The number of hydrogen-bond donors (Lipinski definition) is 1. The maximum Gasteiger partial charge on any atom is 0.244 e. The topological polar surface area (TPSA) is 96.0 Å². The molecule has 1 saturated carbocycles. The van der Waals surface area contributed by atoms with Gasteiger partial charge in [-0.25, -0.2) is 12.8 Å². The van der Waals surface area contributed by atoms with Crippen molar-refractivity contribution in [2.24, 2.45) is 0 Å². The third-order valence-corrected chi connectivity index (χ3v) is 7.68. The van der Waals surface area contributed by atoms with Crippen molar-refractivity contribution in [1.29, 1.82) is 0 Å². The number of halogens is 2. The number of sulfonamides is 1. The molecular weight excluding hydrogens is 509 g/mol. The summed E-state index contributed by atoms with van der Waals surface area (Å²) in [5.74, 6) is -0.969.